The molecule has 2 atom stereocenters. The van der Waals surface area contributed by atoms with Crippen LogP contribution in [0.2, 0.25) is 0 Å². The molecule has 22 heavy (non-hydrogen) atoms. The van der Waals surface area contributed by atoms with Crippen molar-refractivity contribution in [2.45, 2.75) is 72.1 Å². The standard InChI is InChI=1S/C20H30O2/c1-12(2)15-10-13-7-8-17-14(6-5-9-20(17,3)4)11-16(13)19(22)18(15)21/h10,12,14,17,21-22H,5-9,11H2,1-4H3/t14-,17-/m1/s1. The van der Waals surface area contributed by atoms with Crippen molar-refractivity contribution in [2.24, 2.45) is 17.3 Å². The van der Waals surface area contributed by atoms with E-state index in [0.29, 0.717) is 11.3 Å². The molecule has 0 aromatic heterocycles. The second kappa shape index (κ2) is 5.47. The van der Waals surface area contributed by atoms with Gasteiger partial charge >= 0.3 is 0 Å². The molecule has 122 valence electrons. The SMILES string of the molecule is CC(C)c1cc2c(c(O)c1O)C[C@H]1CCCC(C)(C)[C@@H]1CC2. The first-order valence-corrected chi connectivity index (χ1v) is 8.88. The number of hydrogen-bond acceptors (Lipinski definition) is 2. The Morgan fingerprint density at radius 1 is 1.14 bits per heavy atom. The Morgan fingerprint density at radius 2 is 1.86 bits per heavy atom. The summed E-state index contributed by atoms with van der Waals surface area (Å²) in [6, 6.07) is 2.15. The number of rotatable bonds is 1. The Labute approximate surface area is 134 Å². The number of aryl methyl sites for hydroxylation is 1. The molecule has 1 aromatic rings. The second-order valence-electron chi connectivity index (χ2n) is 8.45. The van der Waals surface area contributed by atoms with E-state index in [9.17, 15) is 10.2 Å². The van der Waals surface area contributed by atoms with E-state index in [1.165, 1.54) is 31.2 Å². The van der Waals surface area contributed by atoms with Gasteiger partial charge in [-0.3, -0.25) is 0 Å². The molecule has 0 bridgehead atoms. The molecule has 1 saturated carbocycles. The summed E-state index contributed by atoms with van der Waals surface area (Å²) in [7, 11) is 0. The van der Waals surface area contributed by atoms with Crippen LogP contribution in [0.4, 0.5) is 0 Å². The van der Waals surface area contributed by atoms with E-state index >= 15 is 0 Å². The molecule has 2 nitrogen and oxygen atoms in total. The van der Waals surface area contributed by atoms with Crippen LogP contribution in [0.3, 0.4) is 0 Å². The van der Waals surface area contributed by atoms with Crippen molar-refractivity contribution >= 4 is 0 Å². The summed E-state index contributed by atoms with van der Waals surface area (Å²) in [6.07, 6.45) is 7.06. The lowest BCUT2D eigenvalue weighted by molar-refractivity contribution is 0.0703. The first-order chi connectivity index (χ1) is 10.3. The quantitative estimate of drug-likeness (QED) is 0.704. The minimum Gasteiger partial charge on any atom is -0.504 e. The molecule has 2 aliphatic carbocycles. The van der Waals surface area contributed by atoms with Gasteiger partial charge in [-0.15, -0.1) is 0 Å². The molecule has 2 aliphatic rings. The fourth-order valence-electron chi connectivity index (χ4n) is 4.95. The highest BCUT2D eigenvalue weighted by molar-refractivity contribution is 5.55. The molecule has 3 rings (SSSR count). The zero-order chi connectivity index (χ0) is 16.1. The highest BCUT2D eigenvalue weighted by Gasteiger charge is 2.40. The average Bonchev–Trinajstić information content (AvgIpc) is 2.62. The lowest BCUT2D eigenvalue weighted by Crippen LogP contribution is -2.35. The molecule has 2 heteroatoms. The molecule has 0 aliphatic heterocycles. The van der Waals surface area contributed by atoms with Gasteiger partial charge in [-0.25, -0.2) is 0 Å². The lowest BCUT2D eigenvalue weighted by atomic mass is 9.62. The van der Waals surface area contributed by atoms with Crippen molar-refractivity contribution in [3.05, 3.63) is 22.8 Å². The Morgan fingerprint density at radius 3 is 2.55 bits per heavy atom. The van der Waals surface area contributed by atoms with Crippen LogP contribution in [-0.2, 0) is 12.8 Å². The van der Waals surface area contributed by atoms with E-state index in [1.54, 1.807) is 0 Å². The van der Waals surface area contributed by atoms with Crippen LogP contribution >= 0.6 is 0 Å². The van der Waals surface area contributed by atoms with Gasteiger partial charge in [0.1, 0.15) is 0 Å². The zero-order valence-electron chi connectivity index (χ0n) is 14.4. The van der Waals surface area contributed by atoms with Gasteiger partial charge in [0.2, 0.25) is 0 Å². The minimum absolute atomic E-state index is 0.113. The van der Waals surface area contributed by atoms with Gasteiger partial charge in [-0.2, -0.15) is 0 Å². The van der Waals surface area contributed by atoms with Gasteiger partial charge in [-0.05, 0) is 60.8 Å². The molecule has 1 fully saturated rings. The van der Waals surface area contributed by atoms with Crippen molar-refractivity contribution < 1.29 is 10.2 Å². The van der Waals surface area contributed by atoms with E-state index < -0.39 is 0 Å². The van der Waals surface area contributed by atoms with Gasteiger partial charge in [0.25, 0.3) is 0 Å². The third-order valence-electron chi connectivity index (χ3n) is 6.28. The maximum atomic E-state index is 10.6. The van der Waals surface area contributed by atoms with Crippen LogP contribution in [0, 0.1) is 17.3 Å². The van der Waals surface area contributed by atoms with Crippen molar-refractivity contribution in [1.82, 2.24) is 0 Å². The highest BCUT2D eigenvalue weighted by atomic mass is 16.3. The van der Waals surface area contributed by atoms with E-state index in [2.05, 4.69) is 33.8 Å². The molecular formula is C20H30O2. The van der Waals surface area contributed by atoms with Crippen LogP contribution in [-0.4, -0.2) is 10.2 Å². The summed E-state index contributed by atoms with van der Waals surface area (Å²) < 4.78 is 0. The third-order valence-corrected chi connectivity index (χ3v) is 6.28. The van der Waals surface area contributed by atoms with Gasteiger partial charge in [0, 0.05) is 11.1 Å². The van der Waals surface area contributed by atoms with E-state index in [-0.39, 0.29) is 17.4 Å². The van der Waals surface area contributed by atoms with Gasteiger partial charge < -0.3 is 10.2 Å². The van der Waals surface area contributed by atoms with Gasteiger partial charge in [0.05, 0.1) is 0 Å². The summed E-state index contributed by atoms with van der Waals surface area (Å²) in [5.74, 6) is 1.89. The molecule has 0 saturated heterocycles. The fraction of sp³-hybridized carbons (Fsp3) is 0.700. The summed E-state index contributed by atoms with van der Waals surface area (Å²) in [6.45, 7) is 8.97. The zero-order valence-corrected chi connectivity index (χ0v) is 14.4. The van der Waals surface area contributed by atoms with Crippen molar-refractivity contribution in [3.8, 4) is 11.5 Å². The molecule has 0 amide bonds. The first-order valence-electron chi connectivity index (χ1n) is 8.88. The minimum atomic E-state index is 0.113. The first kappa shape index (κ1) is 15.7. The smallest absolute Gasteiger partial charge is 0.161 e. The topological polar surface area (TPSA) is 40.5 Å². The number of phenolic OH excluding ortho intramolecular Hbond substituents is 2. The lowest BCUT2D eigenvalue weighted by Gasteiger charge is -2.43. The molecule has 0 spiro atoms. The molecule has 2 N–H and O–H groups in total. The van der Waals surface area contributed by atoms with Crippen molar-refractivity contribution in [2.75, 3.05) is 0 Å². The summed E-state index contributed by atoms with van der Waals surface area (Å²) in [5, 5.41) is 20.9. The maximum absolute atomic E-state index is 10.6. The normalized spacial score (nSPS) is 27.1. The summed E-state index contributed by atoms with van der Waals surface area (Å²) in [5.41, 5.74) is 3.58. The van der Waals surface area contributed by atoms with E-state index in [4.69, 9.17) is 0 Å². The predicted molar refractivity (Wildman–Crippen MR) is 90.5 cm³/mol. The monoisotopic (exact) mass is 302 g/mol. The van der Waals surface area contributed by atoms with E-state index in [0.717, 1.165) is 29.9 Å². The highest BCUT2D eigenvalue weighted by Crippen LogP contribution is 2.51. The molecular weight excluding hydrogens is 272 g/mol. The molecule has 0 unspecified atom stereocenters. The molecule has 0 radical (unpaired) electrons. The Balaban J connectivity index is 2.02. The Hall–Kier alpha value is -1.18. The average molecular weight is 302 g/mol. The number of aromatic hydroxyl groups is 2. The van der Waals surface area contributed by atoms with Crippen LogP contribution in [0.15, 0.2) is 6.07 Å². The van der Waals surface area contributed by atoms with Crippen molar-refractivity contribution in [1.29, 1.82) is 0 Å². The Bertz CT molecular complexity index is 572. The van der Waals surface area contributed by atoms with Crippen LogP contribution in [0.25, 0.3) is 0 Å². The van der Waals surface area contributed by atoms with Crippen LogP contribution in [0.5, 0.6) is 11.5 Å². The fourth-order valence-corrected chi connectivity index (χ4v) is 4.95. The Kier molecular flexibility index (Phi) is 3.91. The maximum Gasteiger partial charge on any atom is 0.161 e. The predicted octanol–water partition coefficient (Wildman–Crippen LogP) is 5.15. The van der Waals surface area contributed by atoms with Crippen LogP contribution < -0.4 is 0 Å². The largest absolute Gasteiger partial charge is 0.504 e. The van der Waals surface area contributed by atoms with Gasteiger partial charge in [-0.1, -0.05) is 40.2 Å². The number of phenols is 2. The molecule has 0 heterocycles. The molecule has 1 aromatic carbocycles. The van der Waals surface area contributed by atoms with E-state index in [1.807, 2.05) is 0 Å². The number of hydrogen-bond donors (Lipinski definition) is 2. The number of fused-ring (bicyclic) bond motifs is 2. The third kappa shape index (κ3) is 2.51. The summed E-state index contributed by atoms with van der Waals surface area (Å²) >= 11 is 0. The second-order valence-corrected chi connectivity index (χ2v) is 8.45. The summed E-state index contributed by atoms with van der Waals surface area (Å²) in [4.78, 5) is 0. The van der Waals surface area contributed by atoms with Crippen molar-refractivity contribution in [3.63, 3.8) is 0 Å². The van der Waals surface area contributed by atoms with Gasteiger partial charge in [0.15, 0.2) is 11.5 Å². The number of benzene rings is 1. The van der Waals surface area contributed by atoms with Crippen LogP contribution in [0.1, 0.15) is 76.0 Å².